The number of halogens is 1. The Balaban J connectivity index is 2.44. The fourth-order valence-corrected chi connectivity index (χ4v) is 1.54. The Labute approximate surface area is 105 Å². The molecule has 0 aliphatic rings. The van der Waals surface area contributed by atoms with E-state index in [1.165, 1.54) is 0 Å². The number of aliphatic hydroxyl groups excluding tert-OH is 1. The third-order valence-electron chi connectivity index (χ3n) is 2.28. The van der Waals surface area contributed by atoms with Crippen LogP contribution in [0.3, 0.4) is 0 Å². The van der Waals surface area contributed by atoms with E-state index in [4.69, 9.17) is 27.2 Å². The normalized spacial score (nSPS) is 10.2. The van der Waals surface area contributed by atoms with Crippen molar-refractivity contribution in [1.29, 1.82) is 0 Å². The van der Waals surface area contributed by atoms with Crippen molar-refractivity contribution < 1.29 is 14.6 Å². The average Bonchev–Trinajstić information content (AvgIpc) is 2.32. The first-order chi connectivity index (χ1) is 8.16. The minimum absolute atomic E-state index is 0.162. The van der Waals surface area contributed by atoms with E-state index in [9.17, 15) is 4.79 Å². The van der Waals surface area contributed by atoms with Crippen LogP contribution in [0.15, 0.2) is 18.2 Å². The molecule has 0 radical (unpaired) electrons. The zero-order valence-corrected chi connectivity index (χ0v) is 10.2. The highest BCUT2D eigenvalue weighted by Gasteiger charge is 2.12. The number of aliphatic hydroxyl groups is 1. The number of hydrogen-bond donors (Lipinski definition) is 2. The topological polar surface area (TPSA) is 72.6 Å². The quantitative estimate of drug-likeness (QED) is 0.466. The summed E-state index contributed by atoms with van der Waals surface area (Å²) in [5.74, 6) is -0.466. The van der Waals surface area contributed by atoms with Crippen LogP contribution in [0.25, 0.3) is 0 Å². The molecule has 94 valence electrons. The number of benzene rings is 1. The SMILES string of the molecule is Nc1cccc(C(=O)OCCCCCO)c1Cl. The number of hydrogen-bond acceptors (Lipinski definition) is 4. The molecule has 5 heteroatoms. The monoisotopic (exact) mass is 257 g/mol. The second-order valence-electron chi connectivity index (χ2n) is 3.63. The highest BCUT2D eigenvalue weighted by Crippen LogP contribution is 2.23. The highest BCUT2D eigenvalue weighted by molar-refractivity contribution is 6.36. The number of rotatable bonds is 6. The van der Waals surface area contributed by atoms with E-state index >= 15 is 0 Å². The third-order valence-corrected chi connectivity index (χ3v) is 2.71. The van der Waals surface area contributed by atoms with Crippen LogP contribution in [0.4, 0.5) is 5.69 Å². The number of nitrogen functional groups attached to an aromatic ring is 1. The van der Waals surface area contributed by atoms with Crippen LogP contribution in [0.1, 0.15) is 29.6 Å². The number of carbonyl (C=O) groups is 1. The lowest BCUT2D eigenvalue weighted by molar-refractivity contribution is 0.0497. The van der Waals surface area contributed by atoms with Crippen LogP contribution in [0.5, 0.6) is 0 Å². The van der Waals surface area contributed by atoms with Gasteiger partial charge in [0.15, 0.2) is 0 Å². The molecule has 3 N–H and O–H groups in total. The first kappa shape index (κ1) is 13.8. The van der Waals surface area contributed by atoms with Gasteiger partial charge in [0, 0.05) is 6.61 Å². The number of esters is 1. The maximum Gasteiger partial charge on any atom is 0.339 e. The van der Waals surface area contributed by atoms with E-state index in [0.717, 1.165) is 19.3 Å². The smallest absolute Gasteiger partial charge is 0.339 e. The first-order valence-electron chi connectivity index (χ1n) is 5.48. The van der Waals surface area contributed by atoms with Gasteiger partial charge >= 0.3 is 5.97 Å². The molecule has 0 aromatic heterocycles. The molecule has 0 amide bonds. The Kier molecular flexibility index (Phi) is 5.80. The second-order valence-corrected chi connectivity index (χ2v) is 4.01. The van der Waals surface area contributed by atoms with E-state index in [1.54, 1.807) is 18.2 Å². The Morgan fingerprint density at radius 2 is 2.12 bits per heavy atom. The first-order valence-corrected chi connectivity index (χ1v) is 5.86. The maximum absolute atomic E-state index is 11.6. The lowest BCUT2D eigenvalue weighted by Crippen LogP contribution is -2.08. The summed E-state index contributed by atoms with van der Waals surface area (Å²) in [7, 11) is 0. The van der Waals surface area contributed by atoms with Crippen LogP contribution in [-0.4, -0.2) is 24.3 Å². The zero-order chi connectivity index (χ0) is 12.7. The van der Waals surface area contributed by atoms with Crippen molar-refractivity contribution in [2.75, 3.05) is 18.9 Å². The summed E-state index contributed by atoms with van der Waals surface area (Å²) >= 11 is 5.89. The largest absolute Gasteiger partial charge is 0.462 e. The van der Waals surface area contributed by atoms with Crippen molar-refractivity contribution in [3.8, 4) is 0 Å². The Hall–Kier alpha value is -1.26. The molecule has 4 nitrogen and oxygen atoms in total. The Bertz CT molecular complexity index is 382. The molecule has 0 saturated carbocycles. The number of anilines is 1. The summed E-state index contributed by atoms with van der Waals surface area (Å²) in [4.78, 5) is 11.6. The van der Waals surface area contributed by atoms with Gasteiger partial charge in [0.05, 0.1) is 22.9 Å². The Morgan fingerprint density at radius 1 is 1.35 bits per heavy atom. The number of nitrogens with two attached hydrogens (primary N) is 1. The van der Waals surface area contributed by atoms with Gasteiger partial charge < -0.3 is 15.6 Å². The van der Waals surface area contributed by atoms with Gasteiger partial charge in [-0.2, -0.15) is 0 Å². The lowest BCUT2D eigenvalue weighted by atomic mass is 10.2. The summed E-state index contributed by atoms with van der Waals surface area (Å²) in [5, 5.41) is 8.81. The van der Waals surface area contributed by atoms with Crippen molar-refractivity contribution in [3.05, 3.63) is 28.8 Å². The molecule has 17 heavy (non-hydrogen) atoms. The molecular formula is C12H16ClNO3. The number of ether oxygens (including phenoxy) is 1. The van der Waals surface area contributed by atoms with E-state index in [2.05, 4.69) is 0 Å². The van der Waals surface area contributed by atoms with Gasteiger partial charge in [-0.1, -0.05) is 17.7 Å². The summed E-state index contributed by atoms with van der Waals surface area (Å²) in [5.41, 5.74) is 6.23. The molecular weight excluding hydrogens is 242 g/mol. The lowest BCUT2D eigenvalue weighted by Gasteiger charge is -2.07. The summed E-state index contributed by atoms with van der Waals surface area (Å²) in [6.07, 6.45) is 2.28. The molecule has 1 rings (SSSR count). The fourth-order valence-electron chi connectivity index (χ4n) is 1.34. The summed E-state index contributed by atoms with van der Waals surface area (Å²) in [6.45, 7) is 0.485. The molecule has 0 bridgehead atoms. The van der Waals surface area contributed by atoms with Crippen LogP contribution >= 0.6 is 11.6 Å². The van der Waals surface area contributed by atoms with Gasteiger partial charge in [-0.05, 0) is 31.4 Å². The minimum Gasteiger partial charge on any atom is -0.462 e. The van der Waals surface area contributed by atoms with E-state index in [-0.39, 0.29) is 17.2 Å². The van der Waals surface area contributed by atoms with Crippen LogP contribution in [0, 0.1) is 0 Å². The average molecular weight is 258 g/mol. The standard InChI is InChI=1S/C12H16ClNO3/c13-11-9(5-4-6-10(11)14)12(16)17-8-3-1-2-7-15/h4-6,15H,1-3,7-8,14H2. The van der Waals surface area contributed by atoms with Gasteiger partial charge in [-0.3, -0.25) is 0 Å². The van der Waals surface area contributed by atoms with E-state index in [1.807, 2.05) is 0 Å². The number of unbranched alkanes of at least 4 members (excludes halogenated alkanes) is 2. The molecule has 0 spiro atoms. The van der Waals surface area contributed by atoms with Crippen molar-refractivity contribution in [1.82, 2.24) is 0 Å². The summed E-state index contributed by atoms with van der Waals surface area (Å²) < 4.78 is 5.05. The zero-order valence-electron chi connectivity index (χ0n) is 9.49. The number of carbonyl (C=O) groups excluding carboxylic acids is 1. The molecule has 1 aromatic carbocycles. The van der Waals surface area contributed by atoms with Crippen molar-refractivity contribution in [3.63, 3.8) is 0 Å². The van der Waals surface area contributed by atoms with Gasteiger partial charge in [0.1, 0.15) is 0 Å². The van der Waals surface area contributed by atoms with Gasteiger partial charge in [0.25, 0.3) is 0 Å². The molecule has 0 unspecified atom stereocenters. The van der Waals surface area contributed by atoms with Crippen LogP contribution in [-0.2, 0) is 4.74 Å². The van der Waals surface area contributed by atoms with Crippen LogP contribution in [0.2, 0.25) is 5.02 Å². The van der Waals surface area contributed by atoms with Gasteiger partial charge in [0.2, 0.25) is 0 Å². The van der Waals surface area contributed by atoms with Gasteiger partial charge in [-0.25, -0.2) is 4.79 Å². The predicted molar refractivity (Wildman–Crippen MR) is 67.1 cm³/mol. The van der Waals surface area contributed by atoms with Gasteiger partial charge in [-0.15, -0.1) is 0 Å². The maximum atomic E-state index is 11.6. The second kappa shape index (κ2) is 7.14. The van der Waals surface area contributed by atoms with E-state index in [0.29, 0.717) is 12.3 Å². The minimum atomic E-state index is -0.466. The van der Waals surface area contributed by atoms with Crippen molar-refractivity contribution in [2.24, 2.45) is 0 Å². The molecule has 0 fully saturated rings. The van der Waals surface area contributed by atoms with Crippen molar-refractivity contribution in [2.45, 2.75) is 19.3 Å². The van der Waals surface area contributed by atoms with E-state index < -0.39 is 5.97 Å². The van der Waals surface area contributed by atoms with Crippen molar-refractivity contribution >= 4 is 23.3 Å². The molecule has 0 heterocycles. The predicted octanol–water partition coefficient (Wildman–Crippen LogP) is 2.24. The fraction of sp³-hybridized carbons (Fsp3) is 0.417. The Morgan fingerprint density at radius 3 is 2.82 bits per heavy atom. The molecule has 0 atom stereocenters. The summed E-state index contributed by atoms with van der Waals surface area (Å²) in [6, 6.07) is 4.86. The molecule has 0 aliphatic carbocycles. The highest BCUT2D eigenvalue weighted by atomic mass is 35.5. The molecule has 0 aliphatic heterocycles. The van der Waals surface area contributed by atoms with Crippen LogP contribution < -0.4 is 5.73 Å². The third kappa shape index (κ3) is 4.24. The molecule has 1 aromatic rings. The molecule has 0 saturated heterocycles.